The lowest BCUT2D eigenvalue weighted by Crippen LogP contribution is -2.19. The molecule has 0 aliphatic rings. The number of nitrogens with one attached hydrogen (secondary N) is 2. The van der Waals surface area contributed by atoms with Crippen molar-refractivity contribution >= 4 is 39.8 Å². The first kappa shape index (κ1) is 13.4. The number of amides is 2. The minimum Gasteiger partial charge on any atom is -0.308 e. The van der Waals surface area contributed by atoms with Gasteiger partial charge in [0.2, 0.25) is 0 Å². The molecule has 1 aromatic heterocycles. The Morgan fingerprint density at radius 3 is 2.52 bits per heavy atom. The van der Waals surface area contributed by atoms with Crippen LogP contribution in [0.1, 0.15) is 0 Å². The Morgan fingerprint density at radius 2 is 1.71 bits per heavy atom. The van der Waals surface area contributed by atoms with E-state index in [-0.39, 0.29) is 6.03 Å². The fourth-order valence-corrected chi connectivity index (χ4v) is 2.16. The molecule has 0 aliphatic carbocycles. The van der Waals surface area contributed by atoms with Gasteiger partial charge in [-0.3, -0.25) is 4.98 Å². The summed E-state index contributed by atoms with van der Waals surface area (Å²) in [4.78, 5) is 16.2. The quantitative estimate of drug-likeness (QED) is 0.730. The molecule has 0 spiro atoms. The highest BCUT2D eigenvalue weighted by Crippen LogP contribution is 2.21. The number of pyridine rings is 1. The Balaban J connectivity index is 1.79. The number of carbonyl (C=O) groups is 1. The Morgan fingerprint density at radius 1 is 0.952 bits per heavy atom. The third-order valence-corrected chi connectivity index (χ3v) is 3.27. The highest BCUT2D eigenvalue weighted by molar-refractivity contribution is 6.30. The number of carbonyl (C=O) groups excluding carboxylic acids is 1. The second kappa shape index (κ2) is 5.81. The monoisotopic (exact) mass is 297 g/mol. The van der Waals surface area contributed by atoms with Gasteiger partial charge in [0.25, 0.3) is 0 Å². The molecule has 0 fully saturated rings. The van der Waals surface area contributed by atoms with Crippen molar-refractivity contribution < 1.29 is 4.79 Å². The number of fused-ring (bicyclic) bond motifs is 1. The fourth-order valence-electron chi connectivity index (χ4n) is 2.03. The van der Waals surface area contributed by atoms with Crippen LogP contribution in [0.25, 0.3) is 10.8 Å². The van der Waals surface area contributed by atoms with Gasteiger partial charge in [0.05, 0.1) is 11.9 Å². The summed E-state index contributed by atoms with van der Waals surface area (Å²) in [6.45, 7) is 0. The van der Waals surface area contributed by atoms with Crippen molar-refractivity contribution in [3.05, 3.63) is 65.9 Å². The van der Waals surface area contributed by atoms with E-state index in [1.165, 1.54) is 0 Å². The molecule has 3 aromatic rings. The number of nitrogens with zero attached hydrogens (tertiary/aromatic N) is 1. The van der Waals surface area contributed by atoms with Crippen LogP contribution in [0.2, 0.25) is 5.02 Å². The molecule has 0 radical (unpaired) electrons. The highest BCUT2D eigenvalue weighted by atomic mass is 35.5. The topological polar surface area (TPSA) is 54.0 Å². The van der Waals surface area contributed by atoms with Crippen LogP contribution in [0.5, 0.6) is 0 Å². The van der Waals surface area contributed by atoms with E-state index in [0.29, 0.717) is 16.4 Å². The van der Waals surface area contributed by atoms with Crippen molar-refractivity contribution in [3.8, 4) is 0 Å². The average Bonchev–Trinajstić information content (AvgIpc) is 2.50. The van der Waals surface area contributed by atoms with E-state index in [1.807, 2.05) is 24.3 Å². The number of hydrogen-bond donors (Lipinski definition) is 2. The minimum absolute atomic E-state index is 0.324. The molecule has 0 bridgehead atoms. The van der Waals surface area contributed by atoms with Gasteiger partial charge in [0.1, 0.15) is 0 Å². The van der Waals surface area contributed by atoms with Crippen molar-refractivity contribution in [2.45, 2.75) is 0 Å². The largest absolute Gasteiger partial charge is 0.323 e. The number of urea groups is 1. The van der Waals surface area contributed by atoms with Crippen molar-refractivity contribution in [1.29, 1.82) is 0 Å². The molecule has 0 atom stereocenters. The van der Waals surface area contributed by atoms with E-state index in [2.05, 4.69) is 15.6 Å². The smallest absolute Gasteiger partial charge is 0.308 e. The van der Waals surface area contributed by atoms with E-state index in [1.54, 1.807) is 36.7 Å². The van der Waals surface area contributed by atoms with Crippen LogP contribution in [-0.2, 0) is 0 Å². The lowest BCUT2D eigenvalue weighted by Gasteiger charge is -2.09. The minimum atomic E-state index is -0.324. The third kappa shape index (κ3) is 3.12. The van der Waals surface area contributed by atoms with Crippen LogP contribution in [0.15, 0.2) is 60.9 Å². The summed E-state index contributed by atoms with van der Waals surface area (Å²) < 4.78 is 0. The molecule has 2 N–H and O–H groups in total. The van der Waals surface area contributed by atoms with Gasteiger partial charge < -0.3 is 10.6 Å². The number of hydrogen-bond acceptors (Lipinski definition) is 2. The van der Waals surface area contributed by atoms with E-state index < -0.39 is 0 Å². The van der Waals surface area contributed by atoms with E-state index in [4.69, 9.17) is 11.6 Å². The van der Waals surface area contributed by atoms with Crippen LogP contribution in [0, 0.1) is 0 Å². The zero-order chi connectivity index (χ0) is 14.7. The number of rotatable bonds is 2. The van der Waals surface area contributed by atoms with Gasteiger partial charge in [0.15, 0.2) is 0 Å². The van der Waals surface area contributed by atoms with Crippen molar-refractivity contribution in [1.82, 2.24) is 4.98 Å². The van der Waals surface area contributed by atoms with Crippen LogP contribution < -0.4 is 10.6 Å². The first-order valence-corrected chi connectivity index (χ1v) is 6.76. The molecule has 1 heterocycles. The third-order valence-electron chi connectivity index (χ3n) is 3.02. The van der Waals surface area contributed by atoms with E-state index in [9.17, 15) is 4.79 Å². The van der Waals surface area contributed by atoms with Gasteiger partial charge in [-0.2, -0.15) is 0 Å². The molecule has 2 amide bonds. The first-order chi connectivity index (χ1) is 10.2. The predicted octanol–water partition coefficient (Wildman–Crippen LogP) is 4.53. The van der Waals surface area contributed by atoms with Crippen LogP contribution in [-0.4, -0.2) is 11.0 Å². The number of halogens is 1. The number of benzene rings is 2. The van der Waals surface area contributed by atoms with Crippen LogP contribution >= 0.6 is 11.6 Å². The molecular formula is C16H12ClN3O. The van der Waals surface area contributed by atoms with Crippen molar-refractivity contribution in [2.75, 3.05) is 10.6 Å². The van der Waals surface area contributed by atoms with E-state index >= 15 is 0 Å². The van der Waals surface area contributed by atoms with Gasteiger partial charge in [-0.05, 0) is 24.3 Å². The Bertz CT molecular complexity index is 782. The molecule has 2 aromatic carbocycles. The molecule has 0 saturated carbocycles. The number of anilines is 2. The standard InChI is InChI=1S/C16H12ClN3O/c17-12-5-7-13(8-6-12)19-16(21)20-15-10-18-9-11-3-1-2-4-14(11)15/h1-10H,(H2,19,20,21). The maximum Gasteiger partial charge on any atom is 0.323 e. The molecule has 0 saturated heterocycles. The van der Waals surface area contributed by atoms with Crippen LogP contribution in [0.3, 0.4) is 0 Å². The average molecular weight is 298 g/mol. The zero-order valence-corrected chi connectivity index (χ0v) is 11.8. The summed E-state index contributed by atoms with van der Waals surface area (Å²) in [6, 6.07) is 14.3. The maximum atomic E-state index is 12.0. The highest BCUT2D eigenvalue weighted by Gasteiger charge is 2.06. The summed E-state index contributed by atoms with van der Waals surface area (Å²) in [5.41, 5.74) is 1.34. The molecule has 0 unspecified atom stereocenters. The SMILES string of the molecule is O=C(Nc1ccc(Cl)cc1)Nc1cncc2ccccc12. The fraction of sp³-hybridized carbons (Fsp3) is 0. The summed E-state index contributed by atoms with van der Waals surface area (Å²) in [5, 5.41) is 8.09. The maximum absolute atomic E-state index is 12.0. The lowest BCUT2D eigenvalue weighted by molar-refractivity contribution is 0.262. The van der Waals surface area contributed by atoms with Crippen molar-refractivity contribution in [2.24, 2.45) is 0 Å². The molecule has 0 aliphatic heterocycles. The molecule has 104 valence electrons. The number of aromatic nitrogens is 1. The first-order valence-electron chi connectivity index (χ1n) is 6.39. The van der Waals surface area contributed by atoms with Gasteiger partial charge in [-0.15, -0.1) is 0 Å². The second-order valence-electron chi connectivity index (χ2n) is 4.49. The van der Waals surface area contributed by atoms with Gasteiger partial charge in [-0.1, -0.05) is 35.9 Å². The summed E-state index contributed by atoms with van der Waals surface area (Å²) in [7, 11) is 0. The summed E-state index contributed by atoms with van der Waals surface area (Å²) >= 11 is 5.81. The second-order valence-corrected chi connectivity index (χ2v) is 4.93. The lowest BCUT2D eigenvalue weighted by atomic mass is 10.1. The van der Waals surface area contributed by atoms with Crippen molar-refractivity contribution in [3.63, 3.8) is 0 Å². The summed E-state index contributed by atoms with van der Waals surface area (Å²) in [5.74, 6) is 0. The molecule has 5 heteroatoms. The normalized spacial score (nSPS) is 10.3. The Kier molecular flexibility index (Phi) is 3.71. The van der Waals surface area contributed by atoms with E-state index in [0.717, 1.165) is 10.8 Å². The van der Waals surface area contributed by atoms with Crippen LogP contribution in [0.4, 0.5) is 16.2 Å². The van der Waals surface area contributed by atoms with Gasteiger partial charge in [0, 0.05) is 27.7 Å². The molecule has 4 nitrogen and oxygen atoms in total. The summed E-state index contributed by atoms with van der Waals surface area (Å²) in [6.07, 6.45) is 3.39. The molecular weight excluding hydrogens is 286 g/mol. The molecule has 21 heavy (non-hydrogen) atoms. The zero-order valence-electron chi connectivity index (χ0n) is 11.0. The van der Waals surface area contributed by atoms with Gasteiger partial charge in [-0.25, -0.2) is 4.79 Å². The molecule has 3 rings (SSSR count). The predicted molar refractivity (Wildman–Crippen MR) is 85.8 cm³/mol. The van der Waals surface area contributed by atoms with Gasteiger partial charge >= 0.3 is 6.03 Å². The Hall–Kier alpha value is -2.59. The Labute approximate surface area is 126 Å².